The van der Waals surface area contributed by atoms with E-state index in [1.807, 2.05) is 24.3 Å². The topological polar surface area (TPSA) is 79.8 Å². The summed E-state index contributed by atoms with van der Waals surface area (Å²) in [5, 5.41) is 6.99. The molecular formula is C24H20BrClFN3O3. The van der Waals surface area contributed by atoms with Gasteiger partial charge in [0.2, 0.25) is 11.8 Å². The Morgan fingerprint density at radius 3 is 2.55 bits per heavy atom. The molecule has 170 valence electrons. The molecule has 3 rings (SSSR count). The zero-order valence-electron chi connectivity index (χ0n) is 17.4. The van der Waals surface area contributed by atoms with Crippen LogP contribution in [0.4, 0.5) is 10.1 Å². The average Bonchev–Trinajstić information content (AvgIpc) is 2.80. The van der Waals surface area contributed by atoms with Crippen LogP contribution in [0.15, 0.2) is 76.3 Å². The molecule has 0 saturated heterocycles. The van der Waals surface area contributed by atoms with Crippen molar-refractivity contribution >= 4 is 51.2 Å². The van der Waals surface area contributed by atoms with Gasteiger partial charge in [-0.25, -0.2) is 9.82 Å². The molecule has 9 heteroatoms. The minimum Gasteiger partial charge on any atom is -0.488 e. The molecule has 0 aliphatic heterocycles. The number of amides is 2. The Morgan fingerprint density at radius 2 is 1.76 bits per heavy atom. The van der Waals surface area contributed by atoms with E-state index in [-0.39, 0.29) is 25.1 Å². The quantitative estimate of drug-likeness (QED) is 0.274. The molecule has 3 aromatic rings. The highest BCUT2D eigenvalue weighted by molar-refractivity contribution is 9.10. The van der Waals surface area contributed by atoms with Crippen LogP contribution < -0.4 is 15.5 Å². The van der Waals surface area contributed by atoms with Gasteiger partial charge in [0.05, 0.1) is 11.9 Å². The summed E-state index contributed by atoms with van der Waals surface area (Å²) in [7, 11) is 0. The van der Waals surface area contributed by atoms with Gasteiger partial charge in [0.15, 0.2) is 0 Å². The third-order valence-electron chi connectivity index (χ3n) is 4.43. The predicted octanol–water partition coefficient (Wildman–Crippen LogP) is 5.69. The number of ether oxygens (including phenoxy) is 1. The molecule has 0 atom stereocenters. The van der Waals surface area contributed by atoms with E-state index in [1.54, 1.807) is 24.3 Å². The molecule has 0 saturated carbocycles. The second-order valence-electron chi connectivity index (χ2n) is 6.88. The standard InChI is InChI=1S/C24H20BrClFN3O3/c25-18-9-10-22(33-15-16-5-1-2-6-19(16)26)17(13-18)14-28-30-24(32)12-11-23(31)29-21-8-4-3-7-20(21)27/h1-10,13-14H,11-12,15H2,(H,29,31)(H,30,32). The van der Waals surface area contributed by atoms with E-state index in [0.29, 0.717) is 16.3 Å². The Morgan fingerprint density at radius 1 is 1.03 bits per heavy atom. The summed E-state index contributed by atoms with van der Waals surface area (Å²) in [4.78, 5) is 24.0. The number of carbonyl (C=O) groups is 2. The molecule has 2 amide bonds. The molecule has 2 N–H and O–H groups in total. The SMILES string of the molecule is O=C(CCC(=O)Nc1ccccc1F)NN=Cc1cc(Br)ccc1OCc1ccccc1Cl. The monoisotopic (exact) mass is 531 g/mol. The van der Waals surface area contributed by atoms with Crippen LogP contribution in [0.25, 0.3) is 0 Å². The molecule has 0 aliphatic carbocycles. The van der Waals surface area contributed by atoms with Gasteiger partial charge in [-0.05, 0) is 36.4 Å². The summed E-state index contributed by atoms with van der Waals surface area (Å²) in [6.45, 7) is 0.269. The van der Waals surface area contributed by atoms with Gasteiger partial charge in [0.1, 0.15) is 18.2 Å². The molecule has 0 heterocycles. The number of benzene rings is 3. The normalized spacial score (nSPS) is 10.8. The maximum Gasteiger partial charge on any atom is 0.240 e. The predicted molar refractivity (Wildman–Crippen MR) is 130 cm³/mol. The van der Waals surface area contributed by atoms with Crippen LogP contribution in [0.5, 0.6) is 5.75 Å². The summed E-state index contributed by atoms with van der Waals surface area (Å²) in [5.74, 6) is -0.910. The van der Waals surface area contributed by atoms with E-state index in [4.69, 9.17) is 16.3 Å². The Labute approximate surface area is 203 Å². The highest BCUT2D eigenvalue weighted by Crippen LogP contribution is 2.24. The van der Waals surface area contributed by atoms with Crippen LogP contribution in [-0.2, 0) is 16.2 Å². The van der Waals surface area contributed by atoms with Crippen molar-refractivity contribution in [3.8, 4) is 5.75 Å². The smallest absolute Gasteiger partial charge is 0.240 e. The van der Waals surface area contributed by atoms with Crippen molar-refractivity contribution in [2.24, 2.45) is 5.10 Å². The van der Waals surface area contributed by atoms with Gasteiger partial charge in [0, 0.05) is 33.5 Å². The molecule has 0 aliphatic rings. The Kier molecular flexibility index (Phi) is 8.97. The van der Waals surface area contributed by atoms with Crippen molar-refractivity contribution in [1.82, 2.24) is 5.43 Å². The van der Waals surface area contributed by atoms with Crippen LogP contribution in [0.3, 0.4) is 0 Å². The van der Waals surface area contributed by atoms with E-state index in [1.165, 1.54) is 24.4 Å². The Hall–Kier alpha value is -3.23. The van der Waals surface area contributed by atoms with Crippen molar-refractivity contribution in [2.45, 2.75) is 19.4 Å². The van der Waals surface area contributed by atoms with Gasteiger partial charge in [-0.3, -0.25) is 9.59 Å². The highest BCUT2D eigenvalue weighted by atomic mass is 79.9. The molecule has 0 radical (unpaired) electrons. The lowest BCUT2D eigenvalue weighted by Gasteiger charge is -2.10. The number of rotatable bonds is 9. The van der Waals surface area contributed by atoms with Crippen molar-refractivity contribution < 1.29 is 18.7 Å². The molecule has 3 aromatic carbocycles. The number of hydrogen-bond donors (Lipinski definition) is 2. The highest BCUT2D eigenvalue weighted by Gasteiger charge is 2.10. The van der Waals surface area contributed by atoms with Crippen molar-refractivity contribution in [3.63, 3.8) is 0 Å². The zero-order chi connectivity index (χ0) is 23.6. The van der Waals surface area contributed by atoms with E-state index < -0.39 is 17.6 Å². The molecule has 0 fully saturated rings. The fourth-order valence-electron chi connectivity index (χ4n) is 2.75. The van der Waals surface area contributed by atoms with Gasteiger partial charge in [-0.1, -0.05) is 57.9 Å². The van der Waals surface area contributed by atoms with Crippen LogP contribution in [0, 0.1) is 5.82 Å². The van der Waals surface area contributed by atoms with Crippen LogP contribution in [-0.4, -0.2) is 18.0 Å². The molecule has 0 bridgehead atoms. The molecule has 0 spiro atoms. The fourth-order valence-corrected chi connectivity index (χ4v) is 3.32. The number of carbonyl (C=O) groups excluding carboxylic acids is 2. The average molecular weight is 533 g/mol. The number of para-hydroxylation sites is 1. The maximum atomic E-state index is 13.6. The lowest BCUT2D eigenvalue weighted by molar-refractivity contribution is -0.124. The third kappa shape index (κ3) is 7.69. The van der Waals surface area contributed by atoms with Crippen LogP contribution in [0.2, 0.25) is 5.02 Å². The lowest BCUT2D eigenvalue weighted by Crippen LogP contribution is -2.21. The molecular weight excluding hydrogens is 513 g/mol. The minimum absolute atomic E-state index is 0.0694. The summed E-state index contributed by atoms with van der Waals surface area (Å²) in [6.07, 6.45) is 1.23. The number of nitrogens with one attached hydrogen (secondary N) is 2. The van der Waals surface area contributed by atoms with Crippen LogP contribution >= 0.6 is 27.5 Å². The number of halogens is 3. The van der Waals surface area contributed by atoms with Gasteiger partial charge >= 0.3 is 0 Å². The van der Waals surface area contributed by atoms with E-state index in [9.17, 15) is 14.0 Å². The first kappa shape index (κ1) is 24.4. The van der Waals surface area contributed by atoms with Crippen molar-refractivity contribution in [1.29, 1.82) is 0 Å². The number of anilines is 1. The first-order valence-electron chi connectivity index (χ1n) is 9.94. The first-order valence-corrected chi connectivity index (χ1v) is 11.1. The second kappa shape index (κ2) is 12.1. The van der Waals surface area contributed by atoms with Crippen molar-refractivity contribution in [2.75, 3.05) is 5.32 Å². The lowest BCUT2D eigenvalue weighted by atomic mass is 10.2. The van der Waals surface area contributed by atoms with Crippen LogP contribution in [0.1, 0.15) is 24.0 Å². The Balaban J connectivity index is 1.52. The minimum atomic E-state index is -0.540. The largest absolute Gasteiger partial charge is 0.488 e. The summed E-state index contributed by atoms with van der Waals surface area (Å²) >= 11 is 9.57. The van der Waals surface area contributed by atoms with Gasteiger partial charge in [0.25, 0.3) is 0 Å². The summed E-state index contributed by atoms with van der Waals surface area (Å²) in [5.41, 5.74) is 3.92. The second-order valence-corrected chi connectivity index (χ2v) is 8.21. The van der Waals surface area contributed by atoms with Gasteiger partial charge in [-0.2, -0.15) is 5.10 Å². The van der Waals surface area contributed by atoms with Crippen molar-refractivity contribution in [3.05, 3.63) is 93.2 Å². The Bertz CT molecular complexity index is 1170. The first-order chi connectivity index (χ1) is 15.9. The van der Waals surface area contributed by atoms with E-state index in [2.05, 4.69) is 31.8 Å². The number of hydrazone groups is 1. The molecule has 0 unspecified atom stereocenters. The maximum absolute atomic E-state index is 13.6. The fraction of sp³-hybridized carbons (Fsp3) is 0.125. The van der Waals surface area contributed by atoms with Gasteiger partial charge in [-0.15, -0.1) is 0 Å². The molecule has 6 nitrogen and oxygen atoms in total. The van der Waals surface area contributed by atoms with Gasteiger partial charge < -0.3 is 10.1 Å². The molecule has 0 aromatic heterocycles. The summed E-state index contributed by atoms with van der Waals surface area (Å²) in [6, 6.07) is 18.6. The zero-order valence-corrected chi connectivity index (χ0v) is 19.7. The molecule has 33 heavy (non-hydrogen) atoms. The third-order valence-corrected chi connectivity index (χ3v) is 5.29. The summed E-state index contributed by atoms with van der Waals surface area (Å²) < 4.78 is 20.3. The number of nitrogens with zero attached hydrogens (tertiary/aromatic N) is 1. The van der Waals surface area contributed by atoms with E-state index >= 15 is 0 Å². The number of hydrogen-bond acceptors (Lipinski definition) is 4. The van der Waals surface area contributed by atoms with E-state index in [0.717, 1.165) is 10.0 Å².